The third-order valence-corrected chi connectivity index (χ3v) is 3.05. The molecule has 0 aliphatic rings. The van der Waals surface area contributed by atoms with Crippen molar-refractivity contribution >= 4 is 23.3 Å². The lowest BCUT2D eigenvalue weighted by molar-refractivity contribution is -0.140. The monoisotopic (exact) mass is 304 g/mol. The van der Waals surface area contributed by atoms with E-state index in [9.17, 15) is 9.59 Å². The van der Waals surface area contributed by atoms with Crippen LogP contribution in [0.5, 0.6) is 0 Å². The van der Waals surface area contributed by atoms with E-state index in [0.29, 0.717) is 24.2 Å². The molecule has 0 bridgehead atoms. The summed E-state index contributed by atoms with van der Waals surface area (Å²) in [5, 5.41) is 6.25. The number of amides is 1. The van der Waals surface area contributed by atoms with Crippen molar-refractivity contribution in [2.45, 2.75) is 38.5 Å². The van der Waals surface area contributed by atoms with E-state index < -0.39 is 0 Å². The van der Waals surface area contributed by atoms with E-state index in [-0.39, 0.29) is 11.9 Å². The Morgan fingerprint density at radius 2 is 1.95 bits per heavy atom. The van der Waals surface area contributed by atoms with Gasteiger partial charge in [0.15, 0.2) is 0 Å². The summed E-state index contributed by atoms with van der Waals surface area (Å²) in [4.78, 5) is 25.4. The highest BCUT2D eigenvalue weighted by atomic mass is 16.5. The third kappa shape index (κ3) is 7.31. The maximum Gasteiger partial charge on any atom is 0.305 e. The molecule has 1 rings (SSSR count). The number of hydrogen-bond donors (Lipinski definition) is 1. The van der Waals surface area contributed by atoms with Gasteiger partial charge in [-0.3, -0.25) is 9.59 Å². The number of methoxy groups -OCH3 is 1. The smallest absolute Gasteiger partial charge is 0.305 e. The van der Waals surface area contributed by atoms with E-state index >= 15 is 0 Å². The molecule has 1 amide bonds. The van der Waals surface area contributed by atoms with Crippen molar-refractivity contribution in [1.29, 1.82) is 0 Å². The predicted molar refractivity (Wildman–Crippen MR) is 83.6 cm³/mol. The average molecular weight is 304 g/mol. The lowest BCUT2D eigenvalue weighted by Gasteiger charge is -2.06. The van der Waals surface area contributed by atoms with Gasteiger partial charge in [0, 0.05) is 29.1 Å². The number of carbonyl (C=O) groups is 2. The molecule has 0 saturated heterocycles. The largest absolute Gasteiger partial charge is 0.469 e. The summed E-state index contributed by atoms with van der Waals surface area (Å²) in [6.07, 6.45) is 4.18. The summed E-state index contributed by atoms with van der Waals surface area (Å²) < 4.78 is 4.56. The van der Waals surface area contributed by atoms with Crippen molar-refractivity contribution in [3.05, 3.63) is 34.7 Å². The fourth-order valence-electron chi connectivity index (χ4n) is 1.93. The molecule has 0 spiro atoms. The molecule has 0 unspecified atom stereocenters. The first-order chi connectivity index (χ1) is 10.7. The fraction of sp³-hybridized carbons (Fsp3) is 0.467. The lowest BCUT2D eigenvalue weighted by atomic mass is 10.1. The van der Waals surface area contributed by atoms with Gasteiger partial charge in [-0.15, -0.1) is 0 Å². The molecular formula is C15H20N4O3. The van der Waals surface area contributed by atoms with Crippen LogP contribution in [0.4, 0.5) is 11.4 Å². The van der Waals surface area contributed by atoms with Crippen LogP contribution in [-0.4, -0.2) is 19.0 Å². The first-order valence-corrected chi connectivity index (χ1v) is 7.17. The van der Waals surface area contributed by atoms with Crippen LogP contribution in [0, 0.1) is 0 Å². The molecule has 22 heavy (non-hydrogen) atoms. The minimum atomic E-state index is -0.197. The highest BCUT2D eigenvalue weighted by Gasteiger charge is 2.04. The van der Waals surface area contributed by atoms with Gasteiger partial charge >= 0.3 is 5.97 Å². The lowest BCUT2D eigenvalue weighted by Crippen LogP contribution is -2.10. The van der Waals surface area contributed by atoms with Crippen molar-refractivity contribution in [2.75, 3.05) is 12.4 Å². The van der Waals surface area contributed by atoms with Crippen LogP contribution < -0.4 is 5.32 Å². The van der Waals surface area contributed by atoms with E-state index in [2.05, 4.69) is 20.1 Å². The van der Waals surface area contributed by atoms with E-state index in [1.54, 1.807) is 24.3 Å². The van der Waals surface area contributed by atoms with Gasteiger partial charge in [0.05, 0.1) is 7.11 Å². The molecular weight excluding hydrogens is 284 g/mol. The summed E-state index contributed by atoms with van der Waals surface area (Å²) in [6.45, 7) is 0. The first kappa shape index (κ1) is 17.5. The second-order valence-corrected chi connectivity index (χ2v) is 4.78. The molecule has 1 aromatic rings. The molecule has 0 atom stereocenters. The van der Waals surface area contributed by atoms with Crippen LogP contribution in [0.3, 0.4) is 0 Å². The molecule has 7 nitrogen and oxygen atoms in total. The standard InChI is InChI=1S/C15H20N4O3/c1-22-15(21)10-5-3-2-4-9-14(20)17-12-7-6-8-13(11-12)18-19-16/h6-8,11H,2-5,9-10H2,1H3,(H,17,20). The minimum Gasteiger partial charge on any atom is -0.469 e. The Morgan fingerprint density at radius 3 is 2.64 bits per heavy atom. The molecule has 0 saturated carbocycles. The third-order valence-electron chi connectivity index (χ3n) is 3.05. The first-order valence-electron chi connectivity index (χ1n) is 7.17. The Labute approximate surface area is 129 Å². The van der Waals surface area contributed by atoms with Crippen molar-refractivity contribution < 1.29 is 14.3 Å². The van der Waals surface area contributed by atoms with E-state index in [1.807, 2.05) is 0 Å². The van der Waals surface area contributed by atoms with Gasteiger partial charge in [-0.25, -0.2) is 0 Å². The Kier molecular flexibility index (Phi) is 8.15. The SMILES string of the molecule is COC(=O)CCCCCCC(=O)Nc1cccc(N=[N+]=[N-])c1. The zero-order chi connectivity index (χ0) is 16.2. The highest BCUT2D eigenvalue weighted by molar-refractivity contribution is 5.91. The number of nitrogens with one attached hydrogen (secondary N) is 1. The average Bonchev–Trinajstić information content (AvgIpc) is 2.51. The van der Waals surface area contributed by atoms with Crippen LogP contribution >= 0.6 is 0 Å². The predicted octanol–water partition coefficient (Wildman–Crippen LogP) is 4.08. The van der Waals surface area contributed by atoms with Gasteiger partial charge in [0.2, 0.25) is 5.91 Å². The summed E-state index contributed by atoms with van der Waals surface area (Å²) >= 11 is 0. The number of ether oxygens (including phenoxy) is 1. The Morgan fingerprint density at radius 1 is 1.23 bits per heavy atom. The van der Waals surface area contributed by atoms with Gasteiger partial charge in [-0.2, -0.15) is 0 Å². The fourth-order valence-corrected chi connectivity index (χ4v) is 1.93. The van der Waals surface area contributed by atoms with E-state index in [1.165, 1.54) is 7.11 Å². The molecule has 0 aliphatic carbocycles. The van der Waals surface area contributed by atoms with Crippen molar-refractivity contribution in [3.63, 3.8) is 0 Å². The number of hydrogen-bond acceptors (Lipinski definition) is 4. The van der Waals surface area contributed by atoms with Gasteiger partial charge in [0.25, 0.3) is 0 Å². The molecule has 1 aromatic carbocycles. The van der Waals surface area contributed by atoms with Gasteiger partial charge < -0.3 is 10.1 Å². The molecule has 0 fully saturated rings. The second kappa shape index (κ2) is 10.2. The van der Waals surface area contributed by atoms with Gasteiger partial charge in [-0.1, -0.05) is 30.1 Å². The van der Waals surface area contributed by atoms with Gasteiger partial charge in [0.1, 0.15) is 0 Å². The second-order valence-electron chi connectivity index (χ2n) is 4.78. The molecule has 0 aromatic heterocycles. The molecule has 0 aliphatic heterocycles. The molecule has 118 valence electrons. The summed E-state index contributed by atoms with van der Waals surface area (Å²) in [7, 11) is 1.38. The number of nitrogens with zero attached hydrogens (tertiary/aromatic N) is 3. The maximum absolute atomic E-state index is 11.8. The molecule has 0 heterocycles. The Balaban J connectivity index is 2.22. The summed E-state index contributed by atoms with van der Waals surface area (Å²) in [6, 6.07) is 6.74. The number of unbranched alkanes of at least 4 members (excludes halogenated alkanes) is 3. The van der Waals surface area contributed by atoms with Crippen molar-refractivity contribution in [1.82, 2.24) is 0 Å². The number of carbonyl (C=O) groups excluding carboxylic acids is 2. The quantitative estimate of drug-likeness (QED) is 0.244. The highest BCUT2D eigenvalue weighted by Crippen LogP contribution is 2.18. The molecule has 7 heteroatoms. The van der Waals surface area contributed by atoms with E-state index in [4.69, 9.17) is 5.53 Å². The van der Waals surface area contributed by atoms with Gasteiger partial charge in [-0.05, 0) is 30.5 Å². The number of azide groups is 1. The Bertz CT molecular complexity index is 553. The normalized spacial score (nSPS) is 9.68. The summed E-state index contributed by atoms with van der Waals surface area (Å²) in [5.41, 5.74) is 9.44. The zero-order valence-corrected chi connectivity index (χ0v) is 12.6. The topological polar surface area (TPSA) is 104 Å². The van der Waals surface area contributed by atoms with Crippen LogP contribution in [0.1, 0.15) is 38.5 Å². The summed E-state index contributed by atoms with van der Waals surface area (Å²) in [5.74, 6) is -0.274. The van der Waals surface area contributed by atoms with Crippen LogP contribution in [0.25, 0.3) is 10.4 Å². The minimum absolute atomic E-state index is 0.0777. The zero-order valence-electron chi connectivity index (χ0n) is 12.6. The number of rotatable bonds is 9. The molecule has 0 radical (unpaired) electrons. The van der Waals surface area contributed by atoms with Crippen molar-refractivity contribution in [3.8, 4) is 0 Å². The van der Waals surface area contributed by atoms with Crippen LogP contribution in [-0.2, 0) is 14.3 Å². The number of esters is 1. The van der Waals surface area contributed by atoms with Crippen molar-refractivity contribution in [2.24, 2.45) is 5.11 Å². The number of anilines is 1. The maximum atomic E-state index is 11.8. The van der Waals surface area contributed by atoms with Crippen LogP contribution in [0.2, 0.25) is 0 Å². The molecule has 1 N–H and O–H groups in total. The van der Waals surface area contributed by atoms with Crippen LogP contribution in [0.15, 0.2) is 29.4 Å². The Hall–Kier alpha value is -2.53. The number of benzene rings is 1. The van der Waals surface area contributed by atoms with E-state index in [0.717, 1.165) is 25.7 Å².